The van der Waals surface area contributed by atoms with Gasteiger partial charge in [-0.3, -0.25) is 4.79 Å². The van der Waals surface area contributed by atoms with Crippen LogP contribution in [0.1, 0.15) is 48.9 Å². The van der Waals surface area contributed by atoms with Crippen LogP contribution in [-0.2, 0) is 0 Å². The lowest BCUT2D eigenvalue weighted by Crippen LogP contribution is -2.12. The predicted octanol–water partition coefficient (Wildman–Crippen LogP) is 6.59. The van der Waals surface area contributed by atoms with E-state index in [4.69, 9.17) is 27.9 Å². The fraction of sp³-hybridized carbons (Fsp3) is 0.381. The number of halogens is 2. The monoisotopic (exact) mass is 391 g/mol. The van der Waals surface area contributed by atoms with E-state index in [2.05, 4.69) is 5.32 Å². The number of hydrogen-bond acceptors (Lipinski definition) is 2. The second kappa shape index (κ2) is 9.29. The number of amides is 1. The molecule has 0 aliphatic heterocycles. The fourth-order valence-electron chi connectivity index (χ4n) is 3.34. The average Bonchev–Trinajstić information content (AvgIpc) is 2.63. The number of carbonyl (C=O) groups is 1. The predicted molar refractivity (Wildman–Crippen MR) is 108 cm³/mol. The highest BCUT2D eigenvalue weighted by Gasteiger charge is 2.13. The van der Waals surface area contributed by atoms with Gasteiger partial charge in [-0.2, -0.15) is 0 Å². The zero-order valence-electron chi connectivity index (χ0n) is 14.6. The molecule has 0 atom stereocenters. The highest BCUT2D eigenvalue weighted by atomic mass is 35.5. The Kier molecular flexibility index (Phi) is 6.81. The SMILES string of the molecule is O=C(Nc1ccc(OCCC2CCCCC2)cc1)c1cc(Cl)cc(Cl)c1. The summed E-state index contributed by atoms with van der Waals surface area (Å²) in [6.07, 6.45) is 7.89. The van der Waals surface area contributed by atoms with Crippen molar-refractivity contribution < 1.29 is 9.53 Å². The van der Waals surface area contributed by atoms with Gasteiger partial charge in [-0.15, -0.1) is 0 Å². The minimum Gasteiger partial charge on any atom is -0.494 e. The van der Waals surface area contributed by atoms with Gasteiger partial charge in [0, 0.05) is 21.3 Å². The van der Waals surface area contributed by atoms with Gasteiger partial charge in [-0.05, 0) is 54.8 Å². The Morgan fingerprint density at radius 1 is 1.00 bits per heavy atom. The molecule has 26 heavy (non-hydrogen) atoms. The molecule has 0 radical (unpaired) electrons. The van der Waals surface area contributed by atoms with E-state index >= 15 is 0 Å². The minimum atomic E-state index is -0.250. The number of hydrogen-bond donors (Lipinski definition) is 1. The van der Waals surface area contributed by atoms with Crippen molar-refractivity contribution in [3.63, 3.8) is 0 Å². The van der Waals surface area contributed by atoms with Crippen molar-refractivity contribution in [3.05, 3.63) is 58.1 Å². The molecule has 5 heteroatoms. The maximum atomic E-state index is 12.3. The lowest BCUT2D eigenvalue weighted by Gasteiger charge is -2.21. The van der Waals surface area contributed by atoms with Crippen molar-refractivity contribution in [1.29, 1.82) is 0 Å². The molecule has 138 valence electrons. The normalized spacial score (nSPS) is 14.8. The van der Waals surface area contributed by atoms with E-state index in [0.717, 1.165) is 24.7 Å². The van der Waals surface area contributed by atoms with Crippen molar-refractivity contribution in [1.82, 2.24) is 0 Å². The number of ether oxygens (including phenoxy) is 1. The molecule has 3 nitrogen and oxygen atoms in total. The summed E-state index contributed by atoms with van der Waals surface area (Å²) in [7, 11) is 0. The van der Waals surface area contributed by atoms with Gasteiger partial charge in [0.05, 0.1) is 6.61 Å². The van der Waals surface area contributed by atoms with Gasteiger partial charge < -0.3 is 10.1 Å². The molecule has 3 rings (SSSR count). The van der Waals surface area contributed by atoms with Crippen LogP contribution in [0.15, 0.2) is 42.5 Å². The van der Waals surface area contributed by atoms with Gasteiger partial charge >= 0.3 is 0 Å². The van der Waals surface area contributed by atoms with Crippen molar-refractivity contribution in [2.75, 3.05) is 11.9 Å². The molecule has 1 aliphatic carbocycles. The van der Waals surface area contributed by atoms with Crippen molar-refractivity contribution in [2.24, 2.45) is 5.92 Å². The quantitative estimate of drug-likeness (QED) is 0.602. The Balaban J connectivity index is 1.49. The van der Waals surface area contributed by atoms with Crippen molar-refractivity contribution >= 4 is 34.8 Å². The highest BCUT2D eigenvalue weighted by Crippen LogP contribution is 2.26. The maximum Gasteiger partial charge on any atom is 0.255 e. The summed E-state index contributed by atoms with van der Waals surface area (Å²) in [5.74, 6) is 1.39. The molecule has 0 spiro atoms. The zero-order chi connectivity index (χ0) is 18.4. The standard InChI is InChI=1S/C21H23Cl2NO2/c22-17-12-16(13-18(23)14-17)21(25)24-19-6-8-20(9-7-19)26-11-10-15-4-2-1-3-5-15/h6-9,12-15H,1-5,10-11H2,(H,24,25). The third kappa shape index (κ3) is 5.65. The fourth-order valence-corrected chi connectivity index (χ4v) is 3.87. The first kappa shape index (κ1) is 19.1. The van der Waals surface area contributed by atoms with E-state index in [9.17, 15) is 4.79 Å². The third-order valence-corrected chi connectivity index (χ3v) is 5.19. The largest absolute Gasteiger partial charge is 0.494 e. The molecule has 2 aromatic rings. The number of benzene rings is 2. The van der Waals surface area contributed by atoms with Crippen LogP contribution in [0, 0.1) is 5.92 Å². The topological polar surface area (TPSA) is 38.3 Å². The molecule has 0 saturated heterocycles. The van der Waals surface area contributed by atoms with Crippen LogP contribution in [0.5, 0.6) is 5.75 Å². The Morgan fingerprint density at radius 3 is 2.31 bits per heavy atom. The van der Waals surface area contributed by atoms with Crippen molar-refractivity contribution in [2.45, 2.75) is 38.5 Å². The summed E-state index contributed by atoms with van der Waals surface area (Å²) in [4.78, 5) is 12.3. The lowest BCUT2D eigenvalue weighted by molar-refractivity contribution is 0.102. The Labute approximate surface area is 164 Å². The number of anilines is 1. The molecule has 0 heterocycles. The highest BCUT2D eigenvalue weighted by molar-refractivity contribution is 6.35. The van der Waals surface area contributed by atoms with Crippen LogP contribution in [0.2, 0.25) is 10.0 Å². The maximum absolute atomic E-state index is 12.3. The number of nitrogens with one attached hydrogen (secondary N) is 1. The smallest absolute Gasteiger partial charge is 0.255 e. The molecule has 0 bridgehead atoms. The molecule has 0 aromatic heterocycles. The molecule has 1 fully saturated rings. The lowest BCUT2D eigenvalue weighted by atomic mass is 9.87. The molecule has 1 saturated carbocycles. The first-order valence-electron chi connectivity index (χ1n) is 9.10. The molecule has 1 N–H and O–H groups in total. The van der Waals surface area contributed by atoms with Crippen LogP contribution >= 0.6 is 23.2 Å². The van der Waals surface area contributed by atoms with Gasteiger partial charge in [0.25, 0.3) is 5.91 Å². The van der Waals surface area contributed by atoms with Crippen LogP contribution in [-0.4, -0.2) is 12.5 Å². The molecule has 1 aliphatic rings. The Morgan fingerprint density at radius 2 is 1.65 bits per heavy atom. The number of rotatable bonds is 6. The first-order valence-corrected chi connectivity index (χ1v) is 9.86. The summed E-state index contributed by atoms with van der Waals surface area (Å²) >= 11 is 11.9. The van der Waals surface area contributed by atoms with Crippen LogP contribution < -0.4 is 10.1 Å². The average molecular weight is 392 g/mol. The molecule has 1 amide bonds. The van der Waals surface area contributed by atoms with E-state index < -0.39 is 0 Å². The van der Waals surface area contributed by atoms with Crippen LogP contribution in [0.25, 0.3) is 0 Å². The van der Waals surface area contributed by atoms with Gasteiger partial charge in [0.1, 0.15) is 5.75 Å². The summed E-state index contributed by atoms with van der Waals surface area (Å²) in [6, 6.07) is 12.2. The second-order valence-electron chi connectivity index (χ2n) is 6.78. The van der Waals surface area contributed by atoms with Crippen molar-refractivity contribution in [3.8, 4) is 5.75 Å². The molecule has 2 aromatic carbocycles. The summed E-state index contributed by atoms with van der Waals surface area (Å²) in [5, 5.41) is 3.71. The van der Waals surface area contributed by atoms with Gasteiger partial charge in [0.2, 0.25) is 0 Å². The van der Waals surface area contributed by atoms with E-state index in [1.165, 1.54) is 32.1 Å². The molecular weight excluding hydrogens is 369 g/mol. The molecule has 0 unspecified atom stereocenters. The van der Waals surface area contributed by atoms with Crippen LogP contribution in [0.3, 0.4) is 0 Å². The van der Waals surface area contributed by atoms with E-state index in [-0.39, 0.29) is 5.91 Å². The summed E-state index contributed by atoms with van der Waals surface area (Å²) in [5.41, 5.74) is 1.13. The zero-order valence-corrected chi connectivity index (χ0v) is 16.2. The van der Waals surface area contributed by atoms with E-state index in [1.807, 2.05) is 24.3 Å². The van der Waals surface area contributed by atoms with E-state index in [1.54, 1.807) is 18.2 Å². The Hall–Kier alpha value is -1.71. The number of carbonyl (C=O) groups excluding carboxylic acids is 1. The second-order valence-corrected chi connectivity index (χ2v) is 7.65. The first-order chi connectivity index (χ1) is 12.6. The Bertz CT molecular complexity index is 720. The molecular formula is C21H23Cl2NO2. The minimum absolute atomic E-state index is 0.250. The van der Waals surface area contributed by atoms with Gasteiger partial charge in [-0.1, -0.05) is 55.3 Å². The third-order valence-electron chi connectivity index (χ3n) is 4.76. The van der Waals surface area contributed by atoms with E-state index in [0.29, 0.717) is 21.3 Å². The summed E-state index contributed by atoms with van der Waals surface area (Å²) in [6.45, 7) is 0.747. The van der Waals surface area contributed by atoms with Gasteiger partial charge in [0.15, 0.2) is 0 Å². The van der Waals surface area contributed by atoms with Crippen LogP contribution in [0.4, 0.5) is 5.69 Å². The van der Waals surface area contributed by atoms with Gasteiger partial charge in [-0.25, -0.2) is 0 Å². The summed E-state index contributed by atoms with van der Waals surface area (Å²) < 4.78 is 5.84.